The smallest absolute Gasteiger partial charge is 0.293 e. The largest absolute Gasteiger partial charge is 0.378 e. The van der Waals surface area contributed by atoms with Crippen LogP contribution in [0.1, 0.15) is 15.9 Å². The molecule has 0 atom stereocenters. The lowest BCUT2D eigenvalue weighted by Gasteiger charge is -2.34. The van der Waals surface area contributed by atoms with Crippen molar-refractivity contribution in [1.82, 2.24) is 9.80 Å². The number of hydrogen-bond acceptors (Lipinski definition) is 6. The minimum Gasteiger partial charge on any atom is -0.378 e. The van der Waals surface area contributed by atoms with Gasteiger partial charge in [-0.25, -0.2) is 0 Å². The summed E-state index contributed by atoms with van der Waals surface area (Å²) in [4.78, 5) is 26.7. The van der Waals surface area contributed by atoms with E-state index in [1.165, 1.54) is 23.8 Å². The Hall–Kier alpha value is -2.97. The number of carbonyl (C=O) groups excluding carboxylic acids is 1. The molecule has 1 heterocycles. The Kier molecular flexibility index (Phi) is 6.57. The van der Waals surface area contributed by atoms with Gasteiger partial charge in [0, 0.05) is 57.4 Å². The highest BCUT2D eigenvalue weighted by atomic mass is 16.6. The molecule has 0 unspecified atom stereocenters. The summed E-state index contributed by atoms with van der Waals surface area (Å²) in [6.07, 6.45) is 0. The van der Waals surface area contributed by atoms with E-state index in [2.05, 4.69) is 39.4 Å². The normalized spacial score (nSPS) is 15.3. The first-order chi connectivity index (χ1) is 13.5. The third-order valence-electron chi connectivity index (χ3n) is 4.94. The molecule has 28 heavy (non-hydrogen) atoms. The van der Waals surface area contributed by atoms with Gasteiger partial charge in [-0.2, -0.15) is 0 Å². The van der Waals surface area contributed by atoms with Crippen LogP contribution < -0.4 is 11.1 Å². The number of primary amides is 1. The highest BCUT2D eigenvalue weighted by Crippen LogP contribution is 2.25. The van der Waals surface area contributed by atoms with Crippen LogP contribution in [0, 0.1) is 10.1 Å². The number of nitro benzene ring substituents is 1. The molecule has 3 N–H and O–H groups in total. The summed E-state index contributed by atoms with van der Waals surface area (Å²) in [5.74, 6) is -0.678. The Balaban J connectivity index is 1.46. The number of rotatable bonds is 8. The molecule has 148 valence electrons. The molecule has 3 rings (SSSR count). The minimum absolute atomic E-state index is 0.131. The van der Waals surface area contributed by atoms with Crippen molar-refractivity contribution < 1.29 is 9.72 Å². The SMILES string of the molecule is NC(=O)c1ccc(NCCN2CCN(Cc3ccccc3)CC2)c([N+](=O)[O-])c1. The van der Waals surface area contributed by atoms with Crippen LogP contribution >= 0.6 is 0 Å². The second-order valence-corrected chi connectivity index (χ2v) is 6.88. The quantitative estimate of drug-likeness (QED) is 0.533. The molecular weight excluding hydrogens is 358 g/mol. The fourth-order valence-electron chi connectivity index (χ4n) is 3.35. The fourth-order valence-corrected chi connectivity index (χ4v) is 3.35. The Morgan fingerprint density at radius 3 is 2.39 bits per heavy atom. The second-order valence-electron chi connectivity index (χ2n) is 6.88. The van der Waals surface area contributed by atoms with Gasteiger partial charge in [-0.05, 0) is 17.7 Å². The Morgan fingerprint density at radius 1 is 1.07 bits per heavy atom. The van der Waals surface area contributed by atoms with Gasteiger partial charge in [-0.1, -0.05) is 30.3 Å². The maximum Gasteiger partial charge on any atom is 0.293 e. The third-order valence-corrected chi connectivity index (χ3v) is 4.94. The molecule has 0 radical (unpaired) electrons. The predicted octanol–water partition coefficient (Wildman–Crippen LogP) is 1.92. The number of carbonyl (C=O) groups is 1. The Morgan fingerprint density at radius 2 is 1.75 bits per heavy atom. The maximum atomic E-state index is 11.2. The third kappa shape index (κ3) is 5.28. The zero-order chi connectivity index (χ0) is 19.9. The zero-order valence-corrected chi connectivity index (χ0v) is 15.7. The number of nitrogens with one attached hydrogen (secondary N) is 1. The molecule has 1 aliphatic rings. The number of nitrogens with two attached hydrogens (primary N) is 1. The second kappa shape index (κ2) is 9.29. The molecule has 2 aromatic carbocycles. The summed E-state index contributed by atoms with van der Waals surface area (Å²) in [5, 5.41) is 14.4. The van der Waals surface area contributed by atoms with Crippen molar-refractivity contribution in [2.75, 3.05) is 44.6 Å². The number of benzene rings is 2. The molecular formula is C20H25N5O3. The standard InChI is InChI=1S/C20H25N5O3/c21-20(26)17-6-7-18(19(14-17)25(27)28)22-8-9-23-10-12-24(13-11-23)15-16-4-2-1-3-5-16/h1-7,14,22H,8-13,15H2,(H2,21,26). The van der Waals surface area contributed by atoms with E-state index in [1.807, 2.05) is 6.07 Å². The molecule has 2 aromatic rings. The number of nitro groups is 1. The van der Waals surface area contributed by atoms with Crippen LogP contribution in [0.3, 0.4) is 0 Å². The van der Waals surface area contributed by atoms with Crippen LogP contribution in [0.25, 0.3) is 0 Å². The van der Waals surface area contributed by atoms with Crippen molar-refractivity contribution in [2.45, 2.75) is 6.54 Å². The van der Waals surface area contributed by atoms with Crippen LogP contribution in [0.5, 0.6) is 0 Å². The van der Waals surface area contributed by atoms with E-state index in [0.717, 1.165) is 39.3 Å². The minimum atomic E-state index is -0.678. The highest BCUT2D eigenvalue weighted by Gasteiger charge is 2.18. The first kappa shape index (κ1) is 19.8. The van der Waals surface area contributed by atoms with Crippen LogP contribution in [0.15, 0.2) is 48.5 Å². The van der Waals surface area contributed by atoms with Crippen LogP contribution in [-0.2, 0) is 6.54 Å². The summed E-state index contributed by atoms with van der Waals surface area (Å²) >= 11 is 0. The Labute approximate surface area is 164 Å². The van der Waals surface area contributed by atoms with E-state index in [-0.39, 0.29) is 11.3 Å². The summed E-state index contributed by atoms with van der Waals surface area (Å²) in [6, 6.07) is 14.7. The summed E-state index contributed by atoms with van der Waals surface area (Å²) in [6.45, 7) is 6.30. The van der Waals surface area contributed by atoms with E-state index in [4.69, 9.17) is 5.73 Å². The molecule has 1 saturated heterocycles. The molecule has 0 spiro atoms. The molecule has 0 aliphatic carbocycles. The number of nitrogens with zero attached hydrogens (tertiary/aromatic N) is 3. The van der Waals surface area contributed by atoms with Gasteiger partial charge < -0.3 is 11.1 Å². The Bertz CT molecular complexity index is 820. The van der Waals surface area contributed by atoms with E-state index >= 15 is 0 Å². The number of hydrogen-bond donors (Lipinski definition) is 2. The van der Waals surface area contributed by atoms with Gasteiger partial charge in [0.2, 0.25) is 5.91 Å². The van der Waals surface area contributed by atoms with E-state index in [9.17, 15) is 14.9 Å². The van der Waals surface area contributed by atoms with Crippen molar-refractivity contribution in [3.05, 3.63) is 69.8 Å². The zero-order valence-electron chi connectivity index (χ0n) is 15.7. The van der Waals surface area contributed by atoms with E-state index < -0.39 is 10.8 Å². The van der Waals surface area contributed by atoms with Gasteiger partial charge in [0.25, 0.3) is 5.69 Å². The molecule has 1 aliphatic heterocycles. The van der Waals surface area contributed by atoms with Gasteiger partial charge in [-0.15, -0.1) is 0 Å². The number of amides is 1. The van der Waals surface area contributed by atoms with Crippen molar-refractivity contribution in [3.8, 4) is 0 Å². The maximum absolute atomic E-state index is 11.2. The molecule has 1 fully saturated rings. The van der Waals surface area contributed by atoms with Crippen LogP contribution in [0.4, 0.5) is 11.4 Å². The summed E-state index contributed by atoms with van der Waals surface area (Å²) in [5.41, 5.74) is 6.92. The molecule has 0 bridgehead atoms. The molecule has 8 heteroatoms. The first-order valence-electron chi connectivity index (χ1n) is 9.33. The average molecular weight is 383 g/mol. The molecule has 1 amide bonds. The molecule has 8 nitrogen and oxygen atoms in total. The molecule has 0 aromatic heterocycles. The van der Waals surface area contributed by atoms with Crippen molar-refractivity contribution >= 4 is 17.3 Å². The van der Waals surface area contributed by atoms with Crippen molar-refractivity contribution in [1.29, 1.82) is 0 Å². The topological polar surface area (TPSA) is 105 Å². The van der Waals surface area contributed by atoms with Crippen molar-refractivity contribution in [3.63, 3.8) is 0 Å². The lowest BCUT2D eigenvalue weighted by atomic mass is 10.1. The fraction of sp³-hybridized carbons (Fsp3) is 0.350. The average Bonchev–Trinajstić information content (AvgIpc) is 2.70. The van der Waals surface area contributed by atoms with Gasteiger partial charge in [0.05, 0.1) is 4.92 Å². The first-order valence-corrected chi connectivity index (χ1v) is 9.33. The van der Waals surface area contributed by atoms with Gasteiger partial charge in [-0.3, -0.25) is 24.7 Å². The van der Waals surface area contributed by atoms with E-state index in [1.54, 1.807) is 0 Å². The van der Waals surface area contributed by atoms with Crippen molar-refractivity contribution in [2.24, 2.45) is 5.73 Å². The predicted molar refractivity (Wildman–Crippen MR) is 108 cm³/mol. The van der Waals surface area contributed by atoms with Gasteiger partial charge in [0.15, 0.2) is 0 Å². The van der Waals surface area contributed by atoms with E-state index in [0.29, 0.717) is 12.2 Å². The summed E-state index contributed by atoms with van der Waals surface area (Å²) < 4.78 is 0. The number of anilines is 1. The monoisotopic (exact) mass is 383 g/mol. The molecule has 0 saturated carbocycles. The van der Waals surface area contributed by atoms with Crippen LogP contribution in [0.2, 0.25) is 0 Å². The summed E-state index contributed by atoms with van der Waals surface area (Å²) in [7, 11) is 0. The number of piperazine rings is 1. The lowest BCUT2D eigenvalue weighted by molar-refractivity contribution is -0.384. The van der Waals surface area contributed by atoms with Crippen LogP contribution in [-0.4, -0.2) is 59.9 Å². The van der Waals surface area contributed by atoms with Gasteiger partial charge in [0.1, 0.15) is 5.69 Å². The highest BCUT2D eigenvalue weighted by molar-refractivity contribution is 5.94. The van der Waals surface area contributed by atoms with Gasteiger partial charge >= 0.3 is 0 Å². The lowest BCUT2D eigenvalue weighted by Crippen LogP contribution is -2.47.